The van der Waals surface area contributed by atoms with Crippen molar-refractivity contribution in [2.75, 3.05) is 26.0 Å². The van der Waals surface area contributed by atoms with Crippen molar-refractivity contribution in [3.63, 3.8) is 0 Å². The Morgan fingerprint density at radius 1 is 1.26 bits per heavy atom. The second-order valence-corrected chi connectivity index (χ2v) is 4.59. The van der Waals surface area contributed by atoms with Crippen LogP contribution in [0.4, 0.5) is 0 Å². The highest BCUT2D eigenvalue weighted by atomic mass is 32.2. The molecule has 0 bridgehead atoms. The second kappa shape index (κ2) is 8.42. The Morgan fingerprint density at radius 2 is 1.95 bits per heavy atom. The van der Waals surface area contributed by atoms with Gasteiger partial charge in [-0.3, -0.25) is 9.59 Å². The molecule has 0 atom stereocenters. The van der Waals surface area contributed by atoms with Gasteiger partial charge >= 0.3 is 5.97 Å². The van der Waals surface area contributed by atoms with E-state index < -0.39 is 5.97 Å². The van der Waals surface area contributed by atoms with Gasteiger partial charge in [-0.1, -0.05) is 0 Å². The van der Waals surface area contributed by atoms with Gasteiger partial charge in [-0.05, 0) is 31.2 Å². The van der Waals surface area contributed by atoms with Crippen LogP contribution in [0.5, 0.6) is 5.75 Å². The van der Waals surface area contributed by atoms with E-state index in [1.807, 2.05) is 24.3 Å². The Hall–Kier alpha value is -1.69. The standard InChI is InChI=1S/C13H17NO4S/c1-3-18-13(16)8-14-12(15)9-19-11-6-4-10(17-2)5-7-11/h4-7H,3,8-9H2,1-2H3,(H,14,15). The summed E-state index contributed by atoms with van der Waals surface area (Å²) in [6, 6.07) is 7.42. The molecule has 0 unspecified atom stereocenters. The molecule has 0 aromatic heterocycles. The van der Waals surface area contributed by atoms with Crippen LogP contribution in [0, 0.1) is 0 Å². The van der Waals surface area contributed by atoms with Crippen molar-refractivity contribution in [3.8, 4) is 5.75 Å². The van der Waals surface area contributed by atoms with Crippen LogP contribution in [0.3, 0.4) is 0 Å². The highest BCUT2D eigenvalue weighted by Gasteiger charge is 2.06. The smallest absolute Gasteiger partial charge is 0.325 e. The molecule has 1 amide bonds. The van der Waals surface area contributed by atoms with Crippen molar-refractivity contribution in [3.05, 3.63) is 24.3 Å². The Morgan fingerprint density at radius 3 is 2.53 bits per heavy atom. The maximum absolute atomic E-state index is 11.5. The molecule has 0 saturated carbocycles. The van der Waals surface area contributed by atoms with Gasteiger partial charge in [-0.25, -0.2) is 0 Å². The van der Waals surface area contributed by atoms with Crippen LogP contribution >= 0.6 is 11.8 Å². The first-order valence-electron chi connectivity index (χ1n) is 5.85. The van der Waals surface area contributed by atoms with E-state index in [1.165, 1.54) is 11.8 Å². The average Bonchev–Trinajstić information content (AvgIpc) is 2.44. The molecule has 0 saturated heterocycles. The number of carbonyl (C=O) groups excluding carboxylic acids is 2. The molecule has 0 aliphatic carbocycles. The van der Waals surface area contributed by atoms with E-state index in [2.05, 4.69) is 5.32 Å². The Bertz CT molecular complexity index is 419. The predicted octanol–water partition coefficient (Wildman–Crippen LogP) is 1.47. The largest absolute Gasteiger partial charge is 0.497 e. The van der Waals surface area contributed by atoms with Crippen LogP contribution in [0.25, 0.3) is 0 Å². The minimum atomic E-state index is -0.426. The highest BCUT2D eigenvalue weighted by molar-refractivity contribution is 8.00. The zero-order chi connectivity index (χ0) is 14.1. The van der Waals surface area contributed by atoms with Crippen LogP contribution < -0.4 is 10.1 Å². The number of benzene rings is 1. The molecule has 5 nitrogen and oxygen atoms in total. The quantitative estimate of drug-likeness (QED) is 0.606. The van der Waals surface area contributed by atoms with Crippen LogP contribution in [0.15, 0.2) is 29.2 Å². The maximum Gasteiger partial charge on any atom is 0.325 e. The predicted molar refractivity (Wildman–Crippen MR) is 73.4 cm³/mol. The first-order chi connectivity index (χ1) is 9.15. The summed E-state index contributed by atoms with van der Waals surface area (Å²) in [6.07, 6.45) is 0. The molecule has 6 heteroatoms. The summed E-state index contributed by atoms with van der Waals surface area (Å²) in [5, 5.41) is 2.50. The van der Waals surface area contributed by atoms with E-state index in [9.17, 15) is 9.59 Å². The molecular formula is C13H17NO4S. The fourth-order valence-corrected chi connectivity index (χ4v) is 1.98. The molecule has 0 radical (unpaired) electrons. The lowest BCUT2D eigenvalue weighted by Gasteiger charge is -2.05. The first kappa shape index (κ1) is 15.4. The second-order valence-electron chi connectivity index (χ2n) is 3.55. The summed E-state index contributed by atoms with van der Waals surface area (Å²) >= 11 is 1.39. The van der Waals surface area contributed by atoms with Crippen molar-refractivity contribution in [2.24, 2.45) is 0 Å². The lowest BCUT2D eigenvalue weighted by Crippen LogP contribution is -2.31. The molecule has 1 aromatic rings. The van der Waals surface area contributed by atoms with Gasteiger partial charge in [0.2, 0.25) is 5.91 Å². The fraction of sp³-hybridized carbons (Fsp3) is 0.385. The zero-order valence-corrected chi connectivity index (χ0v) is 11.8. The Kier molecular flexibility index (Phi) is 6.81. The zero-order valence-electron chi connectivity index (χ0n) is 11.0. The van der Waals surface area contributed by atoms with Crippen molar-refractivity contribution in [1.29, 1.82) is 0 Å². The van der Waals surface area contributed by atoms with Crippen LogP contribution in [-0.4, -0.2) is 37.9 Å². The Balaban J connectivity index is 2.27. The van der Waals surface area contributed by atoms with Gasteiger partial charge in [0.1, 0.15) is 12.3 Å². The van der Waals surface area contributed by atoms with Crippen molar-refractivity contribution in [1.82, 2.24) is 5.32 Å². The molecule has 1 rings (SSSR count). The topological polar surface area (TPSA) is 64.6 Å². The molecule has 1 aromatic carbocycles. The molecular weight excluding hydrogens is 266 g/mol. The summed E-state index contributed by atoms with van der Waals surface area (Å²) in [5.41, 5.74) is 0. The number of nitrogens with one attached hydrogen (secondary N) is 1. The fourth-order valence-electron chi connectivity index (χ4n) is 1.25. The first-order valence-corrected chi connectivity index (χ1v) is 6.83. The van der Waals surface area contributed by atoms with E-state index in [1.54, 1.807) is 14.0 Å². The third-order valence-corrected chi connectivity index (χ3v) is 3.18. The molecule has 104 valence electrons. The SMILES string of the molecule is CCOC(=O)CNC(=O)CSc1ccc(OC)cc1. The van der Waals surface area contributed by atoms with E-state index in [0.717, 1.165) is 10.6 Å². The molecule has 0 spiro atoms. The molecule has 0 aliphatic heterocycles. The van der Waals surface area contributed by atoms with E-state index in [4.69, 9.17) is 9.47 Å². The summed E-state index contributed by atoms with van der Waals surface area (Å²) in [5.74, 6) is 0.404. The van der Waals surface area contributed by atoms with Gasteiger partial charge in [0.25, 0.3) is 0 Å². The van der Waals surface area contributed by atoms with Gasteiger partial charge in [0.15, 0.2) is 0 Å². The third-order valence-electron chi connectivity index (χ3n) is 2.16. The van der Waals surface area contributed by atoms with E-state index in [-0.39, 0.29) is 18.2 Å². The summed E-state index contributed by atoms with van der Waals surface area (Å²) in [7, 11) is 1.60. The highest BCUT2D eigenvalue weighted by Crippen LogP contribution is 2.20. The van der Waals surface area contributed by atoms with Gasteiger partial charge in [0.05, 0.1) is 19.5 Å². The Labute approximate surface area is 116 Å². The van der Waals surface area contributed by atoms with E-state index >= 15 is 0 Å². The average molecular weight is 283 g/mol. The van der Waals surface area contributed by atoms with Gasteiger partial charge < -0.3 is 14.8 Å². The summed E-state index contributed by atoms with van der Waals surface area (Å²) < 4.78 is 9.75. The number of rotatable bonds is 7. The van der Waals surface area contributed by atoms with Crippen molar-refractivity contribution >= 4 is 23.6 Å². The minimum Gasteiger partial charge on any atom is -0.497 e. The molecule has 19 heavy (non-hydrogen) atoms. The van der Waals surface area contributed by atoms with Crippen LogP contribution in [-0.2, 0) is 14.3 Å². The minimum absolute atomic E-state index is 0.0875. The van der Waals surface area contributed by atoms with Gasteiger partial charge in [-0.2, -0.15) is 0 Å². The van der Waals surface area contributed by atoms with Crippen LogP contribution in [0.1, 0.15) is 6.92 Å². The molecule has 1 N–H and O–H groups in total. The number of thioether (sulfide) groups is 1. The number of methoxy groups -OCH3 is 1. The molecule has 0 heterocycles. The summed E-state index contributed by atoms with van der Waals surface area (Å²) in [4.78, 5) is 23.5. The number of hydrogen-bond acceptors (Lipinski definition) is 5. The van der Waals surface area contributed by atoms with Gasteiger partial charge in [0, 0.05) is 4.90 Å². The number of esters is 1. The summed E-state index contributed by atoms with van der Waals surface area (Å²) in [6.45, 7) is 1.95. The van der Waals surface area contributed by atoms with Gasteiger partial charge in [-0.15, -0.1) is 11.8 Å². The lowest BCUT2D eigenvalue weighted by atomic mass is 10.3. The van der Waals surface area contributed by atoms with Crippen molar-refractivity contribution in [2.45, 2.75) is 11.8 Å². The van der Waals surface area contributed by atoms with E-state index in [0.29, 0.717) is 6.61 Å². The number of hydrogen-bond donors (Lipinski definition) is 1. The number of amides is 1. The van der Waals surface area contributed by atoms with Crippen LogP contribution in [0.2, 0.25) is 0 Å². The molecule has 0 aliphatic rings. The maximum atomic E-state index is 11.5. The lowest BCUT2D eigenvalue weighted by molar-refractivity contribution is -0.143. The number of ether oxygens (including phenoxy) is 2. The monoisotopic (exact) mass is 283 g/mol. The van der Waals surface area contributed by atoms with Crippen molar-refractivity contribution < 1.29 is 19.1 Å². The number of carbonyl (C=O) groups is 2. The normalized spacial score (nSPS) is 9.79. The third kappa shape index (κ3) is 6.15. The molecule has 0 fully saturated rings.